The highest BCUT2D eigenvalue weighted by atomic mass is 35.5. The Labute approximate surface area is 237 Å². The molecule has 2 saturated carbocycles. The SMILES string of the molecule is Cc1nc(N[C@H](C)c2ccccc2)nc(N[C@@H]2C[C@H](CO)[C@@H](O)[C@H]2O)c1-c1nc2c(C3CC3)nccc2s1.Cl. The number of halogens is 1. The van der Waals surface area contributed by atoms with Gasteiger partial charge in [0, 0.05) is 24.6 Å². The number of fused-ring (bicyclic) bond motifs is 1. The van der Waals surface area contributed by atoms with Gasteiger partial charge < -0.3 is 26.0 Å². The number of hydrogen-bond donors (Lipinski definition) is 5. The molecule has 1 aromatic carbocycles. The Hall–Kier alpha value is -2.89. The van der Waals surface area contributed by atoms with Gasteiger partial charge in [-0.15, -0.1) is 23.7 Å². The summed E-state index contributed by atoms with van der Waals surface area (Å²) in [6, 6.07) is 11.6. The van der Waals surface area contributed by atoms with E-state index in [0.717, 1.165) is 50.6 Å². The van der Waals surface area contributed by atoms with Crippen molar-refractivity contribution >= 4 is 45.7 Å². The number of aliphatic hydroxyl groups is 3. The first-order chi connectivity index (χ1) is 18.4. The maximum absolute atomic E-state index is 10.7. The van der Waals surface area contributed by atoms with Crippen LogP contribution in [0.1, 0.15) is 55.1 Å². The monoisotopic (exact) mass is 568 g/mol. The van der Waals surface area contributed by atoms with Crippen LogP contribution in [0.4, 0.5) is 11.8 Å². The van der Waals surface area contributed by atoms with Crippen molar-refractivity contribution in [2.75, 3.05) is 17.2 Å². The summed E-state index contributed by atoms with van der Waals surface area (Å²) in [4.78, 5) is 19.3. The van der Waals surface area contributed by atoms with Crippen molar-refractivity contribution in [3.05, 3.63) is 59.5 Å². The second kappa shape index (κ2) is 11.3. The second-order valence-corrected chi connectivity index (χ2v) is 11.4. The zero-order chi connectivity index (χ0) is 26.4. The molecule has 5 atom stereocenters. The molecule has 206 valence electrons. The number of aromatic nitrogens is 4. The number of hydrogen-bond acceptors (Lipinski definition) is 10. The predicted octanol–water partition coefficient (Wildman–Crippen LogP) is 4.44. The molecule has 2 fully saturated rings. The van der Waals surface area contributed by atoms with E-state index in [2.05, 4.69) is 34.7 Å². The highest BCUT2D eigenvalue weighted by Crippen LogP contribution is 2.44. The Kier molecular flexibility index (Phi) is 8.02. The molecule has 2 aliphatic carbocycles. The molecule has 39 heavy (non-hydrogen) atoms. The molecule has 4 aromatic rings. The van der Waals surface area contributed by atoms with E-state index in [9.17, 15) is 15.3 Å². The summed E-state index contributed by atoms with van der Waals surface area (Å²) in [5, 5.41) is 38.4. The van der Waals surface area contributed by atoms with Crippen molar-refractivity contribution in [3.63, 3.8) is 0 Å². The summed E-state index contributed by atoms with van der Waals surface area (Å²) in [6.45, 7) is 3.79. The summed E-state index contributed by atoms with van der Waals surface area (Å²) >= 11 is 1.58. The average molecular weight is 569 g/mol. The van der Waals surface area contributed by atoms with Crippen molar-refractivity contribution in [3.8, 4) is 10.6 Å². The highest BCUT2D eigenvalue weighted by Gasteiger charge is 2.41. The molecule has 6 rings (SSSR count). The summed E-state index contributed by atoms with van der Waals surface area (Å²) in [6.07, 6.45) is 2.51. The predicted molar refractivity (Wildman–Crippen MR) is 155 cm³/mol. The van der Waals surface area contributed by atoms with E-state index < -0.39 is 24.2 Å². The van der Waals surface area contributed by atoms with Crippen LogP contribution >= 0.6 is 23.7 Å². The summed E-state index contributed by atoms with van der Waals surface area (Å²) in [5.74, 6) is 1.06. The Bertz CT molecular complexity index is 1450. The fourth-order valence-electron chi connectivity index (χ4n) is 5.28. The second-order valence-electron chi connectivity index (χ2n) is 10.4. The minimum absolute atomic E-state index is 0. The third-order valence-electron chi connectivity index (χ3n) is 7.61. The average Bonchev–Trinajstić information content (AvgIpc) is 3.62. The molecule has 0 radical (unpaired) electrons. The van der Waals surface area contributed by atoms with E-state index in [0.29, 0.717) is 24.1 Å². The highest BCUT2D eigenvalue weighted by molar-refractivity contribution is 7.21. The molecule has 2 aliphatic rings. The normalized spacial score (nSPS) is 23.4. The summed E-state index contributed by atoms with van der Waals surface area (Å²) in [7, 11) is 0. The zero-order valence-corrected chi connectivity index (χ0v) is 23.4. The number of aryl methyl sites for hydroxylation is 1. The van der Waals surface area contributed by atoms with E-state index in [4.69, 9.17) is 15.0 Å². The number of pyridine rings is 1. The van der Waals surface area contributed by atoms with E-state index in [1.165, 1.54) is 0 Å². The van der Waals surface area contributed by atoms with Gasteiger partial charge in [-0.2, -0.15) is 4.98 Å². The number of aliphatic hydroxyl groups excluding tert-OH is 3. The molecule has 9 nitrogen and oxygen atoms in total. The number of nitrogens with one attached hydrogen (secondary N) is 2. The van der Waals surface area contributed by atoms with Crippen molar-refractivity contribution in [1.82, 2.24) is 19.9 Å². The zero-order valence-electron chi connectivity index (χ0n) is 21.8. The van der Waals surface area contributed by atoms with Gasteiger partial charge in [0.25, 0.3) is 0 Å². The standard InChI is InChI=1S/C28H32N6O3S.ClH/c1-14(16-6-4-3-5-7-16)30-28-31-15(2)21(26(34-28)32-19-12-18(13-35)24(36)25(19)37)27-33-23-20(38-27)10-11-29-22(23)17-8-9-17;/h3-7,10-11,14,17-19,24-25,35-37H,8-9,12-13H2,1-2H3,(H2,30,31,32,34);1H/t14-,18-,19-,24-,25+;/m1./s1. The maximum atomic E-state index is 10.7. The quantitative estimate of drug-likeness (QED) is 0.209. The van der Waals surface area contributed by atoms with E-state index >= 15 is 0 Å². The molecule has 0 unspecified atom stereocenters. The lowest BCUT2D eigenvalue weighted by Crippen LogP contribution is -2.35. The Morgan fingerprint density at radius 3 is 2.51 bits per heavy atom. The molecule has 3 aromatic heterocycles. The van der Waals surface area contributed by atoms with Crippen LogP contribution < -0.4 is 10.6 Å². The van der Waals surface area contributed by atoms with Gasteiger partial charge in [-0.05, 0) is 44.7 Å². The fourth-order valence-corrected chi connectivity index (χ4v) is 6.35. The first kappa shape index (κ1) is 27.7. The van der Waals surface area contributed by atoms with Gasteiger partial charge in [-0.1, -0.05) is 30.3 Å². The van der Waals surface area contributed by atoms with Gasteiger partial charge in [0.2, 0.25) is 5.95 Å². The molecule has 0 amide bonds. The molecule has 0 bridgehead atoms. The molecule has 0 spiro atoms. The van der Waals surface area contributed by atoms with Gasteiger partial charge in [0.05, 0.1) is 39.8 Å². The van der Waals surface area contributed by atoms with E-state index in [1.54, 1.807) is 11.3 Å². The fraction of sp³-hybridized carbons (Fsp3) is 0.429. The van der Waals surface area contributed by atoms with Gasteiger partial charge in [-0.25, -0.2) is 9.97 Å². The molecular weight excluding hydrogens is 536 g/mol. The lowest BCUT2D eigenvalue weighted by atomic mass is 10.1. The van der Waals surface area contributed by atoms with Crippen molar-refractivity contribution < 1.29 is 15.3 Å². The van der Waals surface area contributed by atoms with Gasteiger partial charge in [-0.3, -0.25) is 4.98 Å². The van der Waals surface area contributed by atoms with Gasteiger partial charge in [0.1, 0.15) is 22.4 Å². The molecule has 11 heteroatoms. The largest absolute Gasteiger partial charge is 0.396 e. The first-order valence-corrected chi connectivity index (χ1v) is 13.9. The van der Waals surface area contributed by atoms with Crippen molar-refractivity contribution in [2.45, 2.75) is 63.3 Å². The lowest BCUT2D eigenvalue weighted by molar-refractivity contribution is 0.00446. The number of rotatable bonds is 8. The van der Waals surface area contributed by atoms with Gasteiger partial charge >= 0.3 is 0 Å². The first-order valence-electron chi connectivity index (χ1n) is 13.1. The number of nitrogens with zero attached hydrogens (tertiary/aromatic N) is 4. The topological polar surface area (TPSA) is 136 Å². The van der Waals surface area contributed by atoms with Crippen LogP contribution in [0.2, 0.25) is 0 Å². The minimum Gasteiger partial charge on any atom is -0.396 e. The van der Waals surface area contributed by atoms with Crippen LogP contribution in [0.5, 0.6) is 0 Å². The van der Waals surface area contributed by atoms with Crippen LogP contribution in [0.25, 0.3) is 20.8 Å². The Balaban J connectivity index is 0.00000308. The summed E-state index contributed by atoms with van der Waals surface area (Å²) in [5.41, 5.74) is 4.60. The molecular formula is C28H33ClN6O3S. The van der Waals surface area contributed by atoms with Crippen LogP contribution in [0.3, 0.4) is 0 Å². The van der Waals surface area contributed by atoms with Crippen LogP contribution in [0.15, 0.2) is 42.6 Å². The molecule has 3 heterocycles. The molecule has 0 aliphatic heterocycles. The number of anilines is 2. The summed E-state index contributed by atoms with van der Waals surface area (Å²) < 4.78 is 1.07. The number of thiazole rings is 1. The molecule has 5 N–H and O–H groups in total. The smallest absolute Gasteiger partial charge is 0.225 e. The minimum atomic E-state index is -1.03. The third kappa shape index (κ3) is 5.44. The van der Waals surface area contributed by atoms with Crippen molar-refractivity contribution in [1.29, 1.82) is 0 Å². The Morgan fingerprint density at radius 1 is 1.05 bits per heavy atom. The van der Waals surface area contributed by atoms with Gasteiger partial charge in [0.15, 0.2) is 0 Å². The Morgan fingerprint density at radius 2 is 1.82 bits per heavy atom. The van der Waals surface area contributed by atoms with Crippen LogP contribution in [-0.4, -0.2) is 60.1 Å². The van der Waals surface area contributed by atoms with E-state index in [-0.39, 0.29) is 25.1 Å². The lowest BCUT2D eigenvalue weighted by Gasteiger charge is -2.22. The van der Waals surface area contributed by atoms with E-state index in [1.807, 2.05) is 37.4 Å². The van der Waals surface area contributed by atoms with Crippen molar-refractivity contribution in [2.24, 2.45) is 5.92 Å². The van der Waals surface area contributed by atoms with Crippen LogP contribution in [-0.2, 0) is 0 Å². The maximum Gasteiger partial charge on any atom is 0.225 e. The third-order valence-corrected chi connectivity index (χ3v) is 8.65. The molecule has 0 saturated heterocycles. The number of benzene rings is 1. The van der Waals surface area contributed by atoms with Crippen LogP contribution in [0, 0.1) is 12.8 Å².